The smallest absolute Gasteiger partial charge is 0.326 e. The van der Waals surface area contributed by atoms with Gasteiger partial charge in [-0.2, -0.15) is 0 Å². The van der Waals surface area contributed by atoms with E-state index in [-0.39, 0.29) is 36.0 Å². The van der Waals surface area contributed by atoms with Crippen molar-refractivity contribution in [2.24, 2.45) is 5.92 Å². The zero-order valence-electron chi connectivity index (χ0n) is 19.2. The Morgan fingerprint density at radius 3 is 1.77 bits per heavy atom. The molecule has 0 aliphatic carbocycles. The summed E-state index contributed by atoms with van der Waals surface area (Å²) in [6.45, 7) is 0. The molecule has 0 saturated carbocycles. The molecule has 1 unspecified atom stereocenters. The van der Waals surface area contributed by atoms with E-state index in [2.05, 4.69) is 11.1 Å². The summed E-state index contributed by atoms with van der Waals surface area (Å²) in [5, 5.41) is 12.3. The van der Waals surface area contributed by atoms with Crippen LogP contribution in [0.25, 0.3) is 0 Å². The van der Waals surface area contributed by atoms with E-state index in [9.17, 15) is 24.2 Å². The third-order valence-electron chi connectivity index (χ3n) is 5.75. The van der Waals surface area contributed by atoms with Crippen molar-refractivity contribution in [3.8, 4) is 0 Å². The van der Waals surface area contributed by atoms with Crippen LogP contribution < -0.4 is 28.0 Å². The van der Waals surface area contributed by atoms with Crippen LogP contribution in [0.1, 0.15) is 22.5 Å². The highest BCUT2D eigenvalue weighted by atomic mass is 79.9. The fourth-order valence-corrected chi connectivity index (χ4v) is 5.65. The second-order valence-electron chi connectivity index (χ2n) is 8.34. The van der Waals surface area contributed by atoms with E-state index in [1.165, 1.54) is 0 Å². The lowest BCUT2D eigenvalue weighted by Crippen LogP contribution is -3.00. The van der Waals surface area contributed by atoms with Crippen molar-refractivity contribution in [2.45, 2.75) is 24.7 Å². The maximum Gasteiger partial charge on any atom is 0.326 e. The number of carboxylic acids is 1. The number of hydrogen-bond donors (Lipinski definition) is 4. The molecule has 3 aromatic carbocycles. The van der Waals surface area contributed by atoms with Crippen molar-refractivity contribution in [3.05, 3.63) is 108 Å². The average Bonchev–Trinajstić information content (AvgIpc) is 2.84. The van der Waals surface area contributed by atoms with Crippen molar-refractivity contribution < 1.29 is 46.9 Å². The molecule has 3 aromatic rings. The Morgan fingerprint density at radius 2 is 1.29 bits per heavy atom. The summed E-state index contributed by atoms with van der Waals surface area (Å²) in [4.78, 5) is 36.0. The minimum Gasteiger partial charge on any atom is -1.00 e. The maximum atomic E-state index is 13.3. The van der Waals surface area contributed by atoms with Gasteiger partial charge in [0.2, 0.25) is 5.91 Å². The van der Waals surface area contributed by atoms with Crippen LogP contribution in [0.4, 0.5) is 0 Å². The highest BCUT2D eigenvalue weighted by Crippen LogP contribution is 2.52. The van der Waals surface area contributed by atoms with Crippen molar-refractivity contribution in [2.75, 3.05) is 6.16 Å². The fraction of sp³-hybridized carbons (Fsp3) is 0.231. The van der Waals surface area contributed by atoms with Crippen molar-refractivity contribution >= 4 is 19.2 Å². The zero-order chi connectivity index (χ0) is 24.6. The molecule has 1 amide bonds. The van der Waals surface area contributed by atoms with Gasteiger partial charge >= 0.3 is 5.97 Å². The lowest BCUT2D eigenvalue weighted by Gasteiger charge is -2.24. The third kappa shape index (κ3) is 8.44. The van der Waals surface area contributed by atoms with Crippen molar-refractivity contribution in [1.82, 2.24) is 5.32 Å². The monoisotopic (exact) mass is 560 g/mol. The molecule has 9 heteroatoms. The number of aliphatic carboxylic acids is 1. The number of carbonyl (C=O) groups is 2. The summed E-state index contributed by atoms with van der Waals surface area (Å²) < 4.78 is 13.3. The molecule has 3 rings (SSSR count). The summed E-state index contributed by atoms with van der Waals surface area (Å²) in [6, 6.07) is 25.8. The van der Waals surface area contributed by atoms with Gasteiger partial charge in [-0.1, -0.05) is 91.0 Å². The molecule has 7 nitrogen and oxygen atoms in total. The number of amides is 1. The number of benzene rings is 3. The molecule has 0 aliphatic heterocycles. The predicted octanol–water partition coefficient (Wildman–Crippen LogP) is -0.127. The lowest BCUT2D eigenvalue weighted by molar-refractivity contribution is -0.397. The van der Waals surface area contributed by atoms with Gasteiger partial charge in [0.1, 0.15) is 6.04 Å². The molecule has 0 aliphatic rings. The molecule has 0 radical (unpaired) electrons. The van der Waals surface area contributed by atoms with Gasteiger partial charge in [-0.15, -0.1) is 0 Å². The van der Waals surface area contributed by atoms with Crippen molar-refractivity contribution in [3.63, 3.8) is 0 Å². The topological polar surface area (TPSA) is 131 Å². The van der Waals surface area contributed by atoms with Gasteiger partial charge in [0.05, 0.1) is 5.92 Å². The zero-order valence-corrected chi connectivity index (χ0v) is 21.6. The number of hydrogen-bond acceptors (Lipinski definition) is 3. The molecular weight excluding hydrogens is 531 g/mol. The molecule has 4 atom stereocenters. The molecule has 0 fully saturated rings. The van der Waals surface area contributed by atoms with E-state index in [0.29, 0.717) is 5.56 Å². The standard InChI is InChI=1S/C26H29N2O5P.BrH/c27-24(21-14-8-3-9-15-21)34(32,33)18-22(16-19-10-4-1-5-11-19)25(29)28-23(26(30)31)17-20-12-6-2-7-13-20;/h1-15,22-24H,16-18,27H2,(H,28,29)(H,30,31)(H,32,33);1H/t22-,23+,24-;/m1./s1. The van der Waals surface area contributed by atoms with E-state index >= 15 is 0 Å². The highest BCUT2D eigenvalue weighted by molar-refractivity contribution is 7.58. The van der Waals surface area contributed by atoms with Gasteiger partial charge < -0.3 is 38.0 Å². The first kappa shape index (κ1) is 28.5. The maximum absolute atomic E-state index is 13.3. The summed E-state index contributed by atoms with van der Waals surface area (Å²) >= 11 is 0. The van der Waals surface area contributed by atoms with Crippen LogP contribution in [0.15, 0.2) is 91.0 Å². The largest absolute Gasteiger partial charge is 1.00 e. The molecule has 0 spiro atoms. The number of quaternary nitrogens is 1. The van der Waals surface area contributed by atoms with E-state index in [1.54, 1.807) is 48.5 Å². The van der Waals surface area contributed by atoms with Crippen LogP contribution >= 0.6 is 7.37 Å². The summed E-state index contributed by atoms with van der Waals surface area (Å²) in [6.07, 6.45) is 0.00357. The Morgan fingerprint density at radius 1 is 0.829 bits per heavy atom. The predicted molar refractivity (Wildman–Crippen MR) is 130 cm³/mol. The molecule has 0 heterocycles. The minimum atomic E-state index is -3.91. The van der Waals surface area contributed by atoms with Crippen molar-refractivity contribution in [1.29, 1.82) is 0 Å². The third-order valence-corrected chi connectivity index (χ3v) is 7.98. The quantitative estimate of drug-likeness (QED) is 0.243. The minimum absolute atomic E-state index is 0. The SMILES string of the molecule is [Br-].[NH3+][C@@H](c1ccccc1)P(=O)(O)C[C@@H](Cc1ccccc1)C(=O)N[C@@H](Cc1ccccc1)C(=O)O. The molecule has 186 valence electrons. The Hall–Kier alpha value is -2.77. The van der Waals surface area contributed by atoms with E-state index < -0.39 is 37.0 Å². The number of rotatable bonds is 11. The first-order valence-electron chi connectivity index (χ1n) is 11.1. The van der Waals surface area contributed by atoms with Crippen LogP contribution in [0.2, 0.25) is 0 Å². The summed E-state index contributed by atoms with van der Waals surface area (Å²) in [7, 11) is -3.91. The highest BCUT2D eigenvalue weighted by Gasteiger charge is 2.38. The van der Waals surface area contributed by atoms with Gasteiger partial charge in [-0.05, 0) is 17.5 Å². The second-order valence-corrected chi connectivity index (χ2v) is 10.8. The van der Waals surface area contributed by atoms with Gasteiger partial charge in [0, 0.05) is 18.1 Å². The normalized spacial score (nSPS) is 15.0. The lowest BCUT2D eigenvalue weighted by atomic mass is 9.99. The van der Waals surface area contributed by atoms with E-state index in [4.69, 9.17) is 0 Å². The molecule has 0 saturated heterocycles. The Kier molecular flexibility index (Phi) is 10.9. The van der Waals surface area contributed by atoms with Gasteiger partial charge in [0.25, 0.3) is 7.37 Å². The Bertz CT molecular complexity index is 1130. The second kappa shape index (κ2) is 13.4. The van der Waals surface area contributed by atoms with Crippen LogP contribution in [0.5, 0.6) is 0 Å². The number of halogens is 1. The molecule has 6 N–H and O–H groups in total. The Labute approximate surface area is 215 Å². The van der Waals surface area contributed by atoms with Gasteiger partial charge in [-0.25, -0.2) is 4.79 Å². The number of carbonyl (C=O) groups excluding carboxylic acids is 1. The van der Waals surface area contributed by atoms with Gasteiger partial charge in [-0.3, -0.25) is 9.36 Å². The van der Waals surface area contributed by atoms with Crippen LogP contribution in [0.3, 0.4) is 0 Å². The molecule has 0 bridgehead atoms. The van der Waals surface area contributed by atoms with E-state index in [1.807, 2.05) is 42.5 Å². The fourth-order valence-electron chi connectivity index (χ4n) is 3.83. The average molecular weight is 561 g/mol. The van der Waals surface area contributed by atoms with Crippen LogP contribution in [-0.4, -0.2) is 34.1 Å². The number of carboxylic acid groups (broad SMARTS) is 1. The first-order valence-corrected chi connectivity index (χ1v) is 13.0. The molecule has 0 aromatic heterocycles. The van der Waals surface area contributed by atoms with Gasteiger partial charge in [0.15, 0.2) is 5.78 Å². The number of nitrogens with one attached hydrogen (secondary N) is 1. The first-order chi connectivity index (χ1) is 16.3. The molecular formula is C26H30BrN2O5P. The van der Waals surface area contributed by atoms with Crippen LogP contribution in [-0.2, 0) is 27.0 Å². The molecule has 35 heavy (non-hydrogen) atoms. The van der Waals surface area contributed by atoms with E-state index in [0.717, 1.165) is 11.1 Å². The summed E-state index contributed by atoms with van der Waals surface area (Å²) in [5.74, 6) is -3.54. The van der Waals surface area contributed by atoms with Crippen LogP contribution in [0, 0.1) is 5.92 Å². The Balaban J connectivity index is 0.00000432. The summed E-state index contributed by atoms with van der Waals surface area (Å²) in [5.41, 5.74) is 6.10.